The maximum Gasteiger partial charge on any atom is 0.0931 e. The van der Waals surface area contributed by atoms with Crippen LogP contribution in [-0.4, -0.2) is 9.97 Å². The van der Waals surface area contributed by atoms with E-state index in [0.717, 1.165) is 11.4 Å². The summed E-state index contributed by atoms with van der Waals surface area (Å²) < 4.78 is 0. The Morgan fingerprint density at radius 1 is 1.53 bits per heavy atom. The summed E-state index contributed by atoms with van der Waals surface area (Å²) in [4.78, 5) is 7.27. The van der Waals surface area contributed by atoms with Crippen LogP contribution in [0.25, 0.3) is 12.2 Å². The first-order valence-electron chi connectivity index (χ1n) is 5.19. The highest BCUT2D eigenvalue weighted by Crippen LogP contribution is 2.17. The average Bonchev–Trinajstić information content (AvgIpc) is 2.64. The molecule has 0 unspecified atom stereocenters. The van der Waals surface area contributed by atoms with E-state index in [4.69, 9.17) is 0 Å². The molecule has 15 heavy (non-hydrogen) atoms. The van der Waals surface area contributed by atoms with E-state index in [-0.39, 0.29) is 0 Å². The van der Waals surface area contributed by atoms with Gasteiger partial charge < -0.3 is 4.98 Å². The monoisotopic (exact) mass is 202 g/mol. The van der Waals surface area contributed by atoms with Gasteiger partial charge in [0.15, 0.2) is 0 Å². The maximum absolute atomic E-state index is 4.16. The van der Waals surface area contributed by atoms with Crippen molar-refractivity contribution in [2.75, 3.05) is 0 Å². The second kappa shape index (κ2) is 5.35. The lowest BCUT2D eigenvalue weighted by Crippen LogP contribution is -1.91. The number of H-pyrrole nitrogens is 1. The van der Waals surface area contributed by atoms with E-state index in [1.165, 1.54) is 5.57 Å². The Bertz CT molecular complexity index is 381. The zero-order chi connectivity index (χ0) is 11.3. The number of hydrogen-bond donors (Lipinski definition) is 1. The Kier molecular flexibility index (Phi) is 4.10. The molecule has 0 aliphatic carbocycles. The molecule has 1 heterocycles. The number of nitrogens with one attached hydrogen (secondary N) is 1. The Labute approximate surface area is 91.4 Å². The molecule has 80 valence electrons. The summed E-state index contributed by atoms with van der Waals surface area (Å²) in [5.41, 5.74) is 3.20. The third-order valence-electron chi connectivity index (χ3n) is 2.23. The van der Waals surface area contributed by atoms with Gasteiger partial charge in [-0.1, -0.05) is 32.6 Å². The second-order valence-corrected chi connectivity index (χ2v) is 3.70. The van der Waals surface area contributed by atoms with Crippen molar-refractivity contribution in [2.24, 2.45) is 5.92 Å². The van der Waals surface area contributed by atoms with Crippen LogP contribution in [0.3, 0.4) is 0 Å². The van der Waals surface area contributed by atoms with Gasteiger partial charge in [0, 0.05) is 0 Å². The van der Waals surface area contributed by atoms with Crippen LogP contribution >= 0.6 is 0 Å². The summed E-state index contributed by atoms with van der Waals surface area (Å²) in [5, 5.41) is 0. The van der Waals surface area contributed by atoms with Crippen LogP contribution in [0.1, 0.15) is 32.2 Å². The lowest BCUT2D eigenvalue weighted by Gasteiger charge is -2.05. The normalized spacial score (nSPS) is 12.7. The average molecular weight is 202 g/mol. The first kappa shape index (κ1) is 11.5. The zero-order valence-electron chi connectivity index (χ0n) is 9.62. The number of imidazole rings is 1. The molecule has 0 aliphatic rings. The van der Waals surface area contributed by atoms with Crippen LogP contribution in [-0.2, 0) is 0 Å². The number of aromatic nitrogens is 2. The standard InChI is InChI=1S/C13H18N2/c1-5-7-11(10(3)4)8-13-12(6-2)14-9-15-13/h5-10H,2H2,1,3-4H3,(H,14,15)/b7-5+,11-8+. The highest BCUT2D eigenvalue weighted by Gasteiger charge is 2.03. The molecule has 0 bridgehead atoms. The van der Waals surface area contributed by atoms with E-state index in [9.17, 15) is 0 Å². The van der Waals surface area contributed by atoms with Gasteiger partial charge in [-0.25, -0.2) is 4.98 Å². The third kappa shape index (κ3) is 2.94. The molecule has 0 spiro atoms. The summed E-state index contributed by atoms with van der Waals surface area (Å²) in [6.07, 6.45) is 9.75. The molecule has 0 radical (unpaired) electrons. The van der Waals surface area contributed by atoms with E-state index in [2.05, 4.69) is 48.6 Å². The molecule has 0 aliphatic heterocycles. The minimum absolute atomic E-state index is 0.502. The first-order chi connectivity index (χ1) is 7.19. The highest BCUT2D eigenvalue weighted by atomic mass is 14.9. The number of aromatic amines is 1. The van der Waals surface area contributed by atoms with E-state index >= 15 is 0 Å². The van der Waals surface area contributed by atoms with Crippen LogP contribution < -0.4 is 0 Å². The van der Waals surface area contributed by atoms with Crippen LogP contribution in [0, 0.1) is 5.92 Å². The van der Waals surface area contributed by atoms with Crippen molar-refractivity contribution in [1.82, 2.24) is 9.97 Å². The van der Waals surface area contributed by atoms with Gasteiger partial charge in [0.25, 0.3) is 0 Å². The second-order valence-electron chi connectivity index (χ2n) is 3.70. The molecule has 1 aromatic rings. The molecule has 2 nitrogen and oxygen atoms in total. The summed E-state index contributed by atoms with van der Waals surface area (Å²) >= 11 is 0. The summed E-state index contributed by atoms with van der Waals surface area (Å²) in [6.45, 7) is 10.1. The number of allylic oxidation sites excluding steroid dienone is 3. The molecule has 0 fully saturated rings. The molecule has 1 rings (SSSR count). The molecular weight excluding hydrogens is 184 g/mol. The van der Waals surface area contributed by atoms with Crippen LogP contribution in [0.5, 0.6) is 0 Å². The molecule has 1 N–H and O–H groups in total. The third-order valence-corrected chi connectivity index (χ3v) is 2.23. The summed E-state index contributed by atoms with van der Waals surface area (Å²) in [5.74, 6) is 0.502. The van der Waals surface area contributed by atoms with Gasteiger partial charge in [0.05, 0.1) is 17.7 Å². The van der Waals surface area contributed by atoms with Gasteiger partial charge in [-0.3, -0.25) is 0 Å². The zero-order valence-corrected chi connectivity index (χ0v) is 9.62. The molecule has 0 atom stereocenters. The quantitative estimate of drug-likeness (QED) is 0.741. The van der Waals surface area contributed by atoms with Crippen molar-refractivity contribution >= 4 is 12.2 Å². The molecule has 1 aromatic heterocycles. The van der Waals surface area contributed by atoms with Crippen molar-refractivity contribution in [3.8, 4) is 0 Å². The summed E-state index contributed by atoms with van der Waals surface area (Å²) in [6, 6.07) is 0. The van der Waals surface area contributed by atoms with Crippen molar-refractivity contribution in [3.05, 3.63) is 42.0 Å². The fraction of sp³-hybridized carbons (Fsp3) is 0.308. The van der Waals surface area contributed by atoms with Crippen molar-refractivity contribution < 1.29 is 0 Å². The molecular formula is C13H18N2. The largest absolute Gasteiger partial charge is 0.345 e. The maximum atomic E-state index is 4.16. The Hall–Kier alpha value is -1.57. The highest BCUT2D eigenvalue weighted by molar-refractivity contribution is 5.62. The predicted molar refractivity (Wildman–Crippen MR) is 66.3 cm³/mol. The Morgan fingerprint density at radius 3 is 2.80 bits per heavy atom. The molecule has 0 aromatic carbocycles. The lowest BCUT2D eigenvalue weighted by atomic mass is 10.0. The minimum atomic E-state index is 0.502. The van der Waals surface area contributed by atoms with Gasteiger partial charge in [0.1, 0.15) is 0 Å². The molecule has 0 saturated heterocycles. The van der Waals surface area contributed by atoms with Gasteiger partial charge in [-0.15, -0.1) is 0 Å². The van der Waals surface area contributed by atoms with Crippen molar-refractivity contribution in [2.45, 2.75) is 20.8 Å². The smallest absolute Gasteiger partial charge is 0.0931 e. The minimum Gasteiger partial charge on any atom is -0.345 e. The lowest BCUT2D eigenvalue weighted by molar-refractivity contribution is 0.797. The van der Waals surface area contributed by atoms with Gasteiger partial charge in [-0.05, 0) is 30.6 Å². The van der Waals surface area contributed by atoms with E-state index < -0.39 is 0 Å². The fourth-order valence-corrected chi connectivity index (χ4v) is 1.36. The van der Waals surface area contributed by atoms with Gasteiger partial charge in [0.2, 0.25) is 0 Å². The van der Waals surface area contributed by atoms with Crippen LogP contribution in [0.4, 0.5) is 0 Å². The number of nitrogens with zero attached hydrogens (tertiary/aromatic N) is 1. The molecule has 0 amide bonds. The number of hydrogen-bond acceptors (Lipinski definition) is 1. The topological polar surface area (TPSA) is 28.7 Å². The van der Waals surface area contributed by atoms with Gasteiger partial charge in [-0.2, -0.15) is 0 Å². The van der Waals surface area contributed by atoms with Crippen LogP contribution in [0.15, 0.2) is 30.6 Å². The Morgan fingerprint density at radius 2 is 2.27 bits per heavy atom. The SMILES string of the molecule is C=Cc1nc[nH]c1/C=C(\C=C\C)C(C)C. The van der Waals surface area contributed by atoms with Gasteiger partial charge >= 0.3 is 0 Å². The van der Waals surface area contributed by atoms with Crippen molar-refractivity contribution in [1.29, 1.82) is 0 Å². The van der Waals surface area contributed by atoms with Crippen molar-refractivity contribution in [3.63, 3.8) is 0 Å². The van der Waals surface area contributed by atoms with E-state index in [1.54, 1.807) is 12.4 Å². The van der Waals surface area contributed by atoms with E-state index in [1.807, 2.05) is 6.92 Å². The van der Waals surface area contributed by atoms with E-state index in [0.29, 0.717) is 5.92 Å². The first-order valence-corrected chi connectivity index (χ1v) is 5.19. The Balaban J connectivity index is 3.06. The summed E-state index contributed by atoms with van der Waals surface area (Å²) in [7, 11) is 0. The molecule has 2 heteroatoms. The van der Waals surface area contributed by atoms with Crippen LogP contribution in [0.2, 0.25) is 0 Å². The predicted octanol–water partition coefficient (Wildman–Crippen LogP) is 3.67. The number of rotatable bonds is 4. The molecule has 0 saturated carbocycles. The fourth-order valence-electron chi connectivity index (χ4n) is 1.36.